The van der Waals surface area contributed by atoms with Gasteiger partial charge in [-0.15, -0.1) is 0 Å². The fraction of sp³-hybridized carbons (Fsp3) is 0.154. The van der Waals surface area contributed by atoms with Crippen molar-refractivity contribution in [2.45, 2.75) is 13.0 Å². The lowest BCUT2D eigenvalue weighted by molar-refractivity contribution is 0.457. The van der Waals surface area contributed by atoms with Crippen molar-refractivity contribution in [2.75, 3.05) is 0 Å². The Hall–Kier alpha value is -1.46. The van der Waals surface area contributed by atoms with Crippen molar-refractivity contribution in [3.8, 4) is 11.6 Å². The molecule has 0 spiro atoms. The molecule has 1 atom stereocenters. The molecular formula is C13H12BrFN2O. The summed E-state index contributed by atoms with van der Waals surface area (Å²) in [5.41, 5.74) is 6.64. The summed E-state index contributed by atoms with van der Waals surface area (Å²) >= 11 is 3.20. The van der Waals surface area contributed by atoms with E-state index in [0.717, 1.165) is 5.56 Å². The van der Waals surface area contributed by atoms with Gasteiger partial charge in [0.15, 0.2) is 0 Å². The van der Waals surface area contributed by atoms with Crippen LogP contribution in [0.15, 0.2) is 41.0 Å². The lowest BCUT2D eigenvalue weighted by Crippen LogP contribution is -2.05. The van der Waals surface area contributed by atoms with E-state index < -0.39 is 0 Å². The number of ether oxygens (including phenoxy) is 1. The Kier molecular flexibility index (Phi) is 3.93. The first kappa shape index (κ1) is 13.0. The molecule has 2 aromatic rings. The molecule has 0 aliphatic carbocycles. The summed E-state index contributed by atoms with van der Waals surface area (Å²) in [6.45, 7) is 1.88. The number of hydrogen-bond acceptors (Lipinski definition) is 3. The summed E-state index contributed by atoms with van der Waals surface area (Å²) < 4.78 is 19.2. The van der Waals surface area contributed by atoms with E-state index in [1.54, 1.807) is 18.3 Å². The van der Waals surface area contributed by atoms with E-state index in [0.29, 0.717) is 16.1 Å². The van der Waals surface area contributed by atoms with Gasteiger partial charge in [-0.1, -0.05) is 22.0 Å². The van der Waals surface area contributed by atoms with E-state index in [1.807, 2.05) is 13.0 Å². The SMILES string of the molecule is C[C@@H](N)c1ccc(Oc2cc(F)cc(Br)c2)nc1. The number of halogens is 2. The predicted molar refractivity (Wildman–Crippen MR) is 71.0 cm³/mol. The molecule has 94 valence electrons. The molecule has 18 heavy (non-hydrogen) atoms. The third-order valence-corrected chi connectivity index (χ3v) is 2.80. The smallest absolute Gasteiger partial charge is 0.219 e. The van der Waals surface area contributed by atoms with Crippen molar-refractivity contribution in [1.29, 1.82) is 0 Å². The van der Waals surface area contributed by atoms with Crippen molar-refractivity contribution < 1.29 is 9.13 Å². The minimum atomic E-state index is -0.369. The molecule has 2 rings (SSSR count). The standard InChI is InChI=1S/C13H12BrFN2O/c1-8(16)9-2-3-13(17-7-9)18-12-5-10(14)4-11(15)6-12/h2-8H,16H2,1H3/t8-/m1/s1. The predicted octanol–water partition coefficient (Wildman–Crippen LogP) is 3.80. The third kappa shape index (κ3) is 3.27. The van der Waals surface area contributed by atoms with Gasteiger partial charge in [0.1, 0.15) is 11.6 Å². The van der Waals surface area contributed by atoms with Crippen LogP contribution >= 0.6 is 15.9 Å². The van der Waals surface area contributed by atoms with E-state index in [2.05, 4.69) is 20.9 Å². The van der Waals surface area contributed by atoms with E-state index in [4.69, 9.17) is 10.5 Å². The van der Waals surface area contributed by atoms with Crippen LogP contribution in [-0.2, 0) is 0 Å². The molecule has 1 aromatic carbocycles. The number of rotatable bonds is 3. The zero-order valence-electron chi connectivity index (χ0n) is 9.73. The highest BCUT2D eigenvalue weighted by Gasteiger charge is 2.04. The summed E-state index contributed by atoms with van der Waals surface area (Å²) in [7, 11) is 0. The van der Waals surface area contributed by atoms with Gasteiger partial charge in [-0.2, -0.15) is 0 Å². The maximum absolute atomic E-state index is 13.2. The van der Waals surface area contributed by atoms with E-state index in [9.17, 15) is 4.39 Å². The van der Waals surface area contributed by atoms with Gasteiger partial charge in [0.2, 0.25) is 5.88 Å². The molecule has 1 heterocycles. The molecule has 3 nitrogen and oxygen atoms in total. The summed E-state index contributed by atoms with van der Waals surface area (Å²) in [5.74, 6) is 0.423. The summed E-state index contributed by atoms with van der Waals surface area (Å²) in [6.07, 6.45) is 1.65. The second kappa shape index (κ2) is 5.46. The summed E-state index contributed by atoms with van der Waals surface area (Å²) in [6, 6.07) is 7.80. The molecule has 0 aliphatic rings. The molecule has 5 heteroatoms. The fourth-order valence-electron chi connectivity index (χ4n) is 1.43. The zero-order chi connectivity index (χ0) is 13.1. The minimum absolute atomic E-state index is 0.0742. The van der Waals surface area contributed by atoms with Crippen LogP contribution in [0.25, 0.3) is 0 Å². The van der Waals surface area contributed by atoms with Gasteiger partial charge in [-0.3, -0.25) is 0 Å². The van der Waals surface area contributed by atoms with Crippen molar-refractivity contribution in [3.63, 3.8) is 0 Å². The topological polar surface area (TPSA) is 48.1 Å². The van der Waals surface area contributed by atoms with Crippen LogP contribution in [0.1, 0.15) is 18.5 Å². The molecule has 0 radical (unpaired) electrons. The minimum Gasteiger partial charge on any atom is -0.439 e. The number of pyridine rings is 1. The van der Waals surface area contributed by atoms with Gasteiger partial charge in [-0.25, -0.2) is 9.37 Å². The van der Waals surface area contributed by atoms with E-state index in [1.165, 1.54) is 12.1 Å². The first-order chi connectivity index (χ1) is 8.54. The molecule has 2 N–H and O–H groups in total. The normalized spacial score (nSPS) is 12.2. The third-order valence-electron chi connectivity index (χ3n) is 2.34. The maximum Gasteiger partial charge on any atom is 0.219 e. The highest BCUT2D eigenvalue weighted by atomic mass is 79.9. The Morgan fingerprint density at radius 3 is 2.67 bits per heavy atom. The van der Waals surface area contributed by atoms with Crippen molar-refractivity contribution in [2.24, 2.45) is 5.73 Å². The first-order valence-corrected chi connectivity index (χ1v) is 6.19. The number of nitrogens with two attached hydrogens (primary N) is 1. The first-order valence-electron chi connectivity index (χ1n) is 5.40. The highest BCUT2D eigenvalue weighted by molar-refractivity contribution is 9.10. The van der Waals surface area contributed by atoms with Crippen LogP contribution in [0.3, 0.4) is 0 Å². The van der Waals surface area contributed by atoms with Crippen molar-refractivity contribution >= 4 is 15.9 Å². The van der Waals surface area contributed by atoms with Gasteiger partial charge in [0, 0.05) is 28.8 Å². The van der Waals surface area contributed by atoms with Crippen LogP contribution in [0.2, 0.25) is 0 Å². The Labute approximate surface area is 113 Å². The van der Waals surface area contributed by atoms with Gasteiger partial charge < -0.3 is 10.5 Å². The average molecular weight is 311 g/mol. The highest BCUT2D eigenvalue weighted by Crippen LogP contribution is 2.25. The van der Waals surface area contributed by atoms with Gasteiger partial charge in [0.05, 0.1) is 0 Å². The molecule has 0 aliphatic heterocycles. The average Bonchev–Trinajstić information content (AvgIpc) is 2.28. The monoisotopic (exact) mass is 310 g/mol. The van der Waals surface area contributed by atoms with Crippen LogP contribution in [0, 0.1) is 5.82 Å². The second-order valence-corrected chi connectivity index (χ2v) is 4.84. The zero-order valence-corrected chi connectivity index (χ0v) is 11.3. The lowest BCUT2D eigenvalue weighted by atomic mass is 10.2. The Morgan fingerprint density at radius 2 is 2.11 bits per heavy atom. The van der Waals surface area contributed by atoms with Crippen LogP contribution in [0.5, 0.6) is 11.6 Å². The van der Waals surface area contributed by atoms with E-state index >= 15 is 0 Å². The lowest BCUT2D eigenvalue weighted by Gasteiger charge is -2.08. The largest absolute Gasteiger partial charge is 0.439 e. The Balaban J connectivity index is 2.18. The van der Waals surface area contributed by atoms with E-state index in [-0.39, 0.29) is 11.9 Å². The molecule has 0 amide bonds. The fourth-order valence-corrected chi connectivity index (χ4v) is 1.87. The van der Waals surface area contributed by atoms with Gasteiger partial charge >= 0.3 is 0 Å². The summed E-state index contributed by atoms with van der Waals surface area (Å²) in [5, 5.41) is 0. The summed E-state index contributed by atoms with van der Waals surface area (Å²) in [4.78, 5) is 4.11. The number of benzene rings is 1. The molecular weight excluding hydrogens is 299 g/mol. The van der Waals surface area contributed by atoms with Crippen LogP contribution < -0.4 is 10.5 Å². The van der Waals surface area contributed by atoms with Gasteiger partial charge in [-0.05, 0) is 24.6 Å². The van der Waals surface area contributed by atoms with Crippen molar-refractivity contribution in [1.82, 2.24) is 4.98 Å². The molecule has 0 saturated carbocycles. The molecule has 1 aromatic heterocycles. The number of aromatic nitrogens is 1. The molecule has 0 unspecified atom stereocenters. The van der Waals surface area contributed by atoms with Crippen LogP contribution in [-0.4, -0.2) is 4.98 Å². The Morgan fingerprint density at radius 1 is 1.33 bits per heavy atom. The van der Waals surface area contributed by atoms with Crippen molar-refractivity contribution in [3.05, 3.63) is 52.4 Å². The quantitative estimate of drug-likeness (QED) is 0.938. The second-order valence-electron chi connectivity index (χ2n) is 3.93. The maximum atomic E-state index is 13.2. The number of nitrogens with zero attached hydrogens (tertiary/aromatic N) is 1. The number of hydrogen-bond donors (Lipinski definition) is 1. The Bertz CT molecular complexity index is 523. The molecule has 0 fully saturated rings. The van der Waals surface area contributed by atoms with Gasteiger partial charge in [0.25, 0.3) is 0 Å². The van der Waals surface area contributed by atoms with Crippen LogP contribution in [0.4, 0.5) is 4.39 Å². The molecule has 0 saturated heterocycles. The molecule has 0 bridgehead atoms.